The monoisotopic (exact) mass is 335 g/mol. The van der Waals surface area contributed by atoms with E-state index < -0.39 is 5.97 Å². The Labute approximate surface area is 141 Å². The molecule has 0 saturated heterocycles. The number of aryl methyl sites for hydroxylation is 1. The third-order valence-corrected chi connectivity index (χ3v) is 4.08. The van der Waals surface area contributed by atoms with Gasteiger partial charge in [0.25, 0.3) is 0 Å². The molecule has 0 aromatic carbocycles. The van der Waals surface area contributed by atoms with Crippen LogP contribution in [0.1, 0.15) is 58.8 Å². The van der Waals surface area contributed by atoms with Crippen molar-refractivity contribution in [3.05, 3.63) is 22.5 Å². The summed E-state index contributed by atoms with van der Waals surface area (Å²) >= 11 is 0. The highest BCUT2D eigenvalue weighted by molar-refractivity contribution is 6.04. The maximum absolute atomic E-state index is 12.7. The van der Waals surface area contributed by atoms with Crippen LogP contribution in [-0.4, -0.2) is 53.4 Å². The molecule has 0 bridgehead atoms. The number of H-pyrrole nitrogens is 1. The van der Waals surface area contributed by atoms with E-state index in [0.29, 0.717) is 16.8 Å². The molecule has 2 rings (SSSR count). The number of Topliss-reactive ketones (excluding diaryl/α,β-unsaturated/α-hetero) is 1. The van der Waals surface area contributed by atoms with E-state index in [0.717, 1.165) is 12.8 Å². The molecule has 0 unspecified atom stereocenters. The van der Waals surface area contributed by atoms with Crippen LogP contribution in [-0.2, 0) is 4.74 Å². The second-order valence-corrected chi connectivity index (χ2v) is 6.50. The third-order valence-electron chi connectivity index (χ3n) is 4.08. The molecule has 1 aliphatic rings. The van der Waals surface area contributed by atoms with Gasteiger partial charge in [0.15, 0.2) is 5.78 Å². The van der Waals surface area contributed by atoms with E-state index in [4.69, 9.17) is 4.74 Å². The number of amides is 2. The second kappa shape index (κ2) is 7.07. The van der Waals surface area contributed by atoms with E-state index in [2.05, 4.69) is 10.3 Å². The number of hydrogen-bond acceptors (Lipinski definition) is 4. The van der Waals surface area contributed by atoms with Gasteiger partial charge in [-0.15, -0.1) is 0 Å². The molecular formula is C17H25N3O4. The van der Waals surface area contributed by atoms with E-state index >= 15 is 0 Å². The quantitative estimate of drug-likeness (QED) is 0.616. The Morgan fingerprint density at radius 3 is 2.42 bits per heavy atom. The third kappa shape index (κ3) is 3.77. The molecule has 0 atom stereocenters. The fourth-order valence-electron chi connectivity index (χ4n) is 2.79. The van der Waals surface area contributed by atoms with Crippen LogP contribution in [0.15, 0.2) is 0 Å². The molecule has 1 aromatic heterocycles. The number of nitrogens with zero attached hydrogens (tertiary/aromatic N) is 1. The summed E-state index contributed by atoms with van der Waals surface area (Å²) in [7, 11) is 1.30. The van der Waals surface area contributed by atoms with E-state index in [1.165, 1.54) is 7.11 Å². The lowest BCUT2D eigenvalue weighted by Crippen LogP contribution is -2.46. The maximum Gasteiger partial charge on any atom is 0.354 e. The highest BCUT2D eigenvalue weighted by Gasteiger charge is 2.35. The van der Waals surface area contributed by atoms with Gasteiger partial charge in [-0.25, -0.2) is 9.59 Å². The molecule has 1 heterocycles. The van der Waals surface area contributed by atoms with Gasteiger partial charge in [-0.1, -0.05) is 0 Å². The first-order valence-corrected chi connectivity index (χ1v) is 8.14. The normalized spacial score (nSPS) is 13.8. The number of urea groups is 1. The Bertz CT molecular complexity index is 659. The van der Waals surface area contributed by atoms with Crippen LogP contribution in [0, 0.1) is 13.8 Å². The number of rotatable bonds is 6. The van der Waals surface area contributed by atoms with Gasteiger partial charge in [-0.05, 0) is 46.1 Å². The Kier molecular flexibility index (Phi) is 5.31. The lowest BCUT2D eigenvalue weighted by Gasteiger charge is -2.23. The highest BCUT2D eigenvalue weighted by atomic mass is 16.5. The number of aromatic amines is 1. The average Bonchev–Trinajstić information content (AvgIpc) is 3.28. The van der Waals surface area contributed by atoms with Crippen LogP contribution in [0.4, 0.5) is 4.79 Å². The van der Waals surface area contributed by atoms with Crippen LogP contribution in [0.2, 0.25) is 0 Å². The summed E-state index contributed by atoms with van der Waals surface area (Å²) in [4.78, 5) is 41.3. The molecule has 1 aromatic rings. The summed E-state index contributed by atoms with van der Waals surface area (Å²) in [6.07, 6.45) is 1.83. The lowest BCUT2D eigenvalue weighted by atomic mass is 10.1. The molecule has 0 aliphatic heterocycles. The van der Waals surface area contributed by atoms with Crippen LogP contribution >= 0.6 is 0 Å². The number of esters is 1. The van der Waals surface area contributed by atoms with Crippen molar-refractivity contribution in [3.8, 4) is 0 Å². The fourth-order valence-corrected chi connectivity index (χ4v) is 2.79. The second-order valence-electron chi connectivity index (χ2n) is 6.50. The number of nitrogens with one attached hydrogen (secondary N) is 2. The van der Waals surface area contributed by atoms with Crippen LogP contribution < -0.4 is 5.32 Å². The topological polar surface area (TPSA) is 91.5 Å². The van der Waals surface area contributed by atoms with Crippen molar-refractivity contribution in [2.45, 2.75) is 52.6 Å². The molecule has 2 N–H and O–H groups in total. The van der Waals surface area contributed by atoms with E-state index in [1.807, 2.05) is 13.8 Å². The molecule has 7 nitrogen and oxygen atoms in total. The van der Waals surface area contributed by atoms with Crippen LogP contribution in [0.5, 0.6) is 0 Å². The number of methoxy groups -OCH3 is 1. The van der Waals surface area contributed by atoms with Crippen molar-refractivity contribution < 1.29 is 19.1 Å². The first-order chi connectivity index (χ1) is 11.3. The number of carbonyl (C=O) groups is 3. The molecular weight excluding hydrogens is 310 g/mol. The number of carbonyl (C=O) groups excluding carboxylic acids is 3. The SMILES string of the molecule is COC(=O)c1[nH]c(C)c(C(=O)CN(C(=O)NC(C)C)C2CC2)c1C. The molecule has 24 heavy (non-hydrogen) atoms. The maximum atomic E-state index is 12.7. The summed E-state index contributed by atoms with van der Waals surface area (Å²) in [6.45, 7) is 7.21. The Balaban J connectivity index is 2.20. The minimum absolute atomic E-state index is 0.00334. The predicted molar refractivity (Wildman–Crippen MR) is 89.3 cm³/mol. The predicted octanol–water partition coefficient (Wildman–Crippen LogP) is 2.18. The number of ketones is 1. The molecule has 1 fully saturated rings. The van der Waals surface area contributed by atoms with Crippen molar-refractivity contribution in [2.75, 3.05) is 13.7 Å². The zero-order valence-electron chi connectivity index (χ0n) is 14.9. The van der Waals surface area contributed by atoms with Crippen molar-refractivity contribution in [3.63, 3.8) is 0 Å². The Morgan fingerprint density at radius 2 is 1.92 bits per heavy atom. The molecule has 2 amide bonds. The lowest BCUT2D eigenvalue weighted by molar-refractivity contribution is 0.0593. The van der Waals surface area contributed by atoms with Crippen molar-refractivity contribution in [1.29, 1.82) is 0 Å². The first-order valence-electron chi connectivity index (χ1n) is 8.14. The zero-order chi connectivity index (χ0) is 18.0. The Hall–Kier alpha value is -2.31. The van der Waals surface area contributed by atoms with E-state index in [9.17, 15) is 14.4 Å². The van der Waals surface area contributed by atoms with Crippen LogP contribution in [0.3, 0.4) is 0 Å². The molecule has 7 heteroatoms. The Morgan fingerprint density at radius 1 is 1.29 bits per heavy atom. The summed E-state index contributed by atoms with van der Waals surface area (Å²) in [5, 5.41) is 2.84. The van der Waals surface area contributed by atoms with Crippen LogP contribution in [0.25, 0.3) is 0 Å². The minimum Gasteiger partial charge on any atom is -0.464 e. The van der Waals surface area contributed by atoms with Gasteiger partial charge in [0.05, 0.1) is 13.7 Å². The molecule has 132 valence electrons. The van der Waals surface area contributed by atoms with Crippen molar-refractivity contribution >= 4 is 17.8 Å². The highest BCUT2D eigenvalue weighted by Crippen LogP contribution is 2.28. The largest absolute Gasteiger partial charge is 0.464 e. The summed E-state index contributed by atoms with van der Waals surface area (Å²) in [6, 6.07) is -0.0947. The number of hydrogen-bond donors (Lipinski definition) is 2. The van der Waals surface area contributed by atoms with E-state index in [1.54, 1.807) is 18.7 Å². The standard InChI is InChI=1S/C17H25N3O4/c1-9(2)18-17(23)20(12-6-7-12)8-13(21)14-10(3)15(16(22)24-5)19-11(14)4/h9,12,19H,6-8H2,1-5H3,(H,18,23). The summed E-state index contributed by atoms with van der Waals surface area (Å²) < 4.78 is 4.72. The first kappa shape index (κ1) is 18.0. The molecule has 0 spiro atoms. The summed E-state index contributed by atoms with van der Waals surface area (Å²) in [5.74, 6) is -0.687. The van der Waals surface area contributed by atoms with Gasteiger partial charge in [-0.2, -0.15) is 0 Å². The van der Waals surface area contributed by atoms with E-state index in [-0.39, 0.29) is 36.1 Å². The average molecular weight is 335 g/mol. The minimum atomic E-state index is -0.508. The summed E-state index contributed by atoms with van der Waals surface area (Å²) in [5.41, 5.74) is 1.91. The number of ether oxygens (including phenoxy) is 1. The fraction of sp³-hybridized carbons (Fsp3) is 0.588. The molecule has 0 radical (unpaired) electrons. The smallest absolute Gasteiger partial charge is 0.354 e. The van der Waals surface area contributed by atoms with Gasteiger partial charge in [0.2, 0.25) is 0 Å². The number of aromatic nitrogens is 1. The van der Waals surface area contributed by atoms with Crippen molar-refractivity contribution in [1.82, 2.24) is 15.2 Å². The van der Waals surface area contributed by atoms with Gasteiger partial charge >= 0.3 is 12.0 Å². The van der Waals surface area contributed by atoms with Gasteiger partial charge in [-0.3, -0.25) is 4.79 Å². The van der Waals surface area contributed by atoms with Crippen molar-refractivity contribution in [2.24, 2.45) is 0 Å². The molecule has 1 saturated carbocycles. The van der Waals surface area contributed by atoms with Gasteiger partial charge in [0, 0.05) is 23.3 Å². The van der Waals surface area contributed by atoms with Gasteiger partial charge in [0.1, 0.15) is 5.69 Å². The molecule has 1 aliphatic carbocycles. The van der Waals surface area contributed by atoms with Gasteiger partial charge < -0.3 is 19.9 Å². The zero-order valence-corrected chi connectivity index (χ0v) is 14.9.